The standard InChI is InChI=1S/C11H14BrNO/c12-10-5-3-9(4-6-10)11(14,7-13)8-1-2-8/h3-6,8,14H,1-2,7,13H2. The molecule has 0 aliphatic heterocycles. The molecular weight excluding hydrogens is 242 g/mol. The molecule has 1 aromatic carbocycles. The lowest BCUT2D eigenvalue weighted by Crippen LogP contribution is -2.37. The average Bonchev–Trinajstić information content (AvgIpc) is 3.01. The minimum atomic E-state index is -0.805. The molecule has 1 unspecified atom stereocenters. The molecule has 0 radical (unpaired) electrons. The Labute approximate surface area is 92.3 Å². The summed E-state index contributed by atoms with van der Waals surface area (Å²) in [5.74, 6) is 0.355. The first-order valence-corrected chi connectivity index (χ1v) is 5.64. The molecule has 0 amide bonds. The van der Waals surface area contributed by atoms with Crippen LogP contribution in [-0.2, 0) is 5.60 Å². The van der Waals surface area contributed by atoms with Crippen LogP contribution in [0.5, 0.6) is 0 Å². The van der Waals surface area contributed by atoms with Gasteiger partial charge in [-0.3, -0.25) is 0 Å². The maximum absolute atomic E-state index is 10.4. The summed E-state index contributed by atoms with van der Waals surface area (Å²) in [5, 5.41) is 10.4. The van der Waals surface area contributed by atoms with E-state index in [1.807, 2.05) is 24.3 Å². The van der Waals surface area contributed by atoms with Gasteiger partial charge in [-0.15, -0.1) is 0 Å². The van der Waals surface area contributed by atoms with Crippen molar-refractivity contribution in [2.45, 2.75) is 18.4 Å². The van der Waals surface area contributed by atoms with Crippen LogP contribution in [0, 0.1) is 5.92 Å². The minimum Gasteiger partial charge on any atom is -0.384 e. The van der Waals surface area contributed by atoms with Crippen LogP contribution >= 0.6 is 15.9 Å². The molecule has 14 heavy (non-hydrogen) atoms. The van der Waals surface area contributed by atoms with Crippen molar-refractivity contribution >= 4 is 15.9 Å². The first-order chi connectivity index (χ1) is 6.66. The van der Waals surface area contributed by atoms with Gasteiger partial charge in [-0.25, -0.2) is 0 Å². The zero-order valence-corrected chi connectivity index (χ0v) is 9.50. The molecule has 1 aromatic rings. The van der Waals surface area contributed by atoms with E-state index in [2.05, 4.69) is 15.9 Å². The monoisotopic (exact) mass is 255 g/mol. The zero-order valence-electron chi connectivity index (χ0n) is 7.91. The Hall–Kier alpha value is -0.380. The lowest BCUT2D eigenvalue weighted by atomic mass is 9.89. The second kappa shape index (κ2) is 3.65. The first kappa shape index (κ1) is 10.1. The van der Waals surface area contributed by atoms with Gasteiger partial charge >= 0.3 is 0 Å². The molecule has 3 heteroatoms. The Bertz CT molecular complexity index is 321. The molecule has 1 aliphatic carbocycles. The SMILES string of the molecule is NCC(O)(c1ccc(Br)cc1)C1CC1. The molecule has 2 rings (SSSR count). The van der Waals surface area contributed by atoms with E-state index in [0.29, 0.717) is 12.5 Å². The van der Waals surface area contributed by atoms with Crippen LogP contribution in [0.25, 0.3) is 0 Å². The van der Waals surface area contributed by atoms with Crippen molar-refractivity contribution < 1.29 is 5.11 Å². The largest absolute Gasteiger partial charge is 0.384 e. The van der Waals surface area contributed by atoms with Gasteiger partial charge in [0.2, 0.25) is 0 Å². The summed E-state index contributed by atoms with van der Waals surface area (Å²) in [6.07, 6.45) is 2.17. The van der Waals surface area contributed by atoms with Crippen LogP contribution in [0.1, 0.15) is 18.4 Å². The summed E-state index contributed by atoms with van der Waals surface area (Å²) in [7, 11) is 0. The molecule has 1 fully saturated rings. The number of hydrogen-bond acceptors (Lipinski definition) is 2. The molecule has 0 bridgehead atoms. The molecule has 2 nitrogen and oxygen atoms in total. The Kier molecular flexibility index (Phi) is 2.64. The van der Waals surface area contributed by atoms with E-state index < -0.39 is 5.60 Å². The van der Waals surface area contributed by atoms with E-state index >= 15 is 0 Å². The van der Waals surface area contributed by atoms with E-state index in [9.17, 15) is 5.11 Å². The zero-order chi connectivity index (χ0) is 10.2. The maximum atomic E-state index is 10.4. The van der Waals surface area contributed by atoms with E-state index in [-0.39, 0.29) is 0 Å². The van der Waals surface area contributed by atoms with Crippen molar-refractivity contribution in [1.29, 1.82) is 0 Å². The number of hydrogen-bond donors (Lipinski definition) is 2. The third kappa shape index (κ3) is 1.72. The van der Waals surface area contributed by atoms with Gasteiger partial charge in [0.1, 0.15) is 5.60 Å². The number of halogens is 1. The summed E-state index contributed by atoms with van der Waals surface area (Å²) in [4.78, 5) is 0. The molecule has 76 valence electrons. The van der Waals surface area contributed by atoms with Crippen molar-refractivity contribution in [2.75, 3.05) is 6.54 Å². The summed E-state index contributed by atoms with van der Waals surface area (Å²) < 4.78 is 1.02. The number of rotatable bonds is 3. The fourth-order valence-corrected chi connectivity index (χ4v) is 2.08. The fourth-order valence-electron chi connectivity index (χ4n) is 1.82. The minimum absolute atomic E-state index is 0.305. The highest BCUT2D eigenvalue weighted by atomic mass is 79.9. The Morgan fingerprint density at radius 1 is 1.36 bits per heavy atom. The van der Waals surface area contributed by atoms with Crippen molar-refractivity contribution in [2.24, 2.45) is 11.7 Å². The molecule has 0 spiro atoms. The molecule has 0 saturated heterocycles. The van der Waals surface area contributed by atoms with Gasteiger partial charge in [0.15, 0.2) is 0 Å². The smallest absolute Gasteiger partial charge is 0.105 e. The van der Waals surface area contributed by atoms with E-state index in [1.165, 1.54) is 0 Å². The summed E-state index contributed by atoms with van der Waals surface area (Å²) in [6.45, 7) is 0.305. The van der Waals surface area contributed by atoms with E-state index in [0.717, 1.165) is 22.9 Å². The molecule has 3 N–H and O–H groups in total. The molecular formula is C11H14BrNO. The molecule has 0 aromatic heterocycles. The van der Waals surface area contributed by atoms with Crippen molar-refractivity contribution in [3.63, 3.8) is 0 Å². The molecule has 1 aliphatic rings. The van der Waals surface area contributed by atoms with Crippen LogP contribution < -0.4 is 5.73 Å². The van der Waals surface area contributed by atoms with Crippen LogP contribution in [0.4, 0.5) is 0 Å². The average molecular weight is 256 g/mol. The third-order valence-corrected chi connectivity index (χ3v) is 3.44. The van der Waals surface area contributed by atoms with Gasteiger partial charge < -0.3 is 10.8 Å². The quantitative estimate of drug-likeness (QED) is 0.868. The predicted molar refractivity (Wildman–Crippen MR) is 59.8 cm³/mol. The van der Waals surface area contributed by atoms with Crippen LogP contribution in [-0.4, -0.2) is 11.7 Å². The summed E-state index contributed by atoms with van der Waals surface area (Å²) >= 11 is 3.37. The Balaban J connectivity index is 2.31. The van der Waals surface area contributed by atoms with Crippen molar-refractivity contribution in [3.8, 4) is 0 Å². The summed E-state index contributed by atoms with van der Waals surface area (Å²) in [6, 6.07) is 7.77. The van der Waals surface area contributed by atoms with E-state index in [4.69, 9.17) is 5.73 Å². The highest BCUT2D eigenvalue weighted by molar-refractivity contribution is 9.10. The van der Waals surface area contributed by atoms with Crippen molar-refractivity contribution in [3.05, 3.63) is 34.3 Å². The van der Waals surface area contributed by atoms with Gasteiger partial charge in [-0.2, -0.15) is 0 Å². The molecule has 1 saturated carbocycles. The van der Waals surface area contributed by atoms with Gasteiger partial charge in [-0.05, 0) is 36.5 Å². The summed E-state index contributed by atoms with van der Waals surface area (Å²) in [5.41, 5.74) is 5.79. The highest BCUT2D eigenvalue weighted by Crippen LogP contribution is 2.45. The molecule has 1 atom stereocenters. The first-order valence-electron chi connectivity index (χ1n) is 4.85. The maximum Gasteiger partial charge on any atom is 0.105 e. The third-order valence-electron chi connectivity index (χ3n) is 2.91. The number of nitrogens with two attached hydrogens (primary N) is 1. The van der Waals surface area contributed by atoms with E-state index in [1.54, 1.807) is 0 Å². The normalized spacial score (nSPS) is 20.5. The van der Waals surface area contributed by atoms with Gasteiger partial charge in [0.05, 0.1) is 0 Å². The fraction of sp³-hybridized carbons (Fsp3) is 0.455. The lowest BCUT2D eigenvalue weighted by molar-refractivity contribution is 0.0222. The second-order valence-corrected chi connectivity index (χ2v) is 4.83. The van der Waals surface area contributed by atoms with Crippen LogP contribution in [0.15, 0.2) is 28.7 Å². The number of benzene rings is 1. The predicted octanol–water partition coefficient (Wildman–Crippen LogP) is 2.01. The Morgan fingerprint density at radius 2 is 1.93 bits per heavy atom. The Morgan fingerprint density at radius 3 is 2.36 bits per heavy atom. The van der Waals surface area contributed by atoms with Gasteiger partial charge in [0, 0.05) is 11.0 Å². The van der Waals surface area contributed by atoms with Gasteiger partial charge in [0.25, 0.3) is 0 Å². The highest BCUT2D eigenvalue weighted by Gasteiger charge is 2.43. The second-order valence-electron chi connectivity index (χ2n) is 3.91. The number of aliphatic hydroxyl groups is 1. The van der Waals surface area contributed by atoms with Gasteiger partial charge in [-0.1, -0.05) is 28.1 Å². The topological polar surface area (TPSA) is 46.2 Å². The van der Waals surface area contributed by atoms with Crippen LogP contribution in [0.3, 0.4) is 0 Å². The molecule has 0 heterocycles. The van der Waals surface area contributed by atoms with Crippen molar-refractivity contribution in [1.82, 2.24) is 0 Å². The lowest BCUT2D eigenvalue weighted by Gasteiger charge is -2.27. The van der Waals surface area contributed by atoms with Crippen LogP contribution in [0.2, 0.25) is 0 Å².